The van der Waals surface area contributed by atoms with Crippen LogP contribution in [0.4, 0.5) is 0 Å². The average molecular weight is 292 g/mol. The number of allylic oxidation sites excluding steroid dienone is 2. The van der Waals surface area contributed by atoms with E-state index in [-0.39, 0.29) is 5.97 Å². The van der Waals surface area contributed by atoms with Gasteiger partial charge in [0.1, 0.15) is 0 Å². The Bertz CT molecular complexity index is 320. The van der Waals surface area contributed by atoms with Crippen LogP contribution in [0, 0.1) is 11.8 Å². The van der Waals surface area contributed by atoms with Crippen LogP contribution in [-0.4, -0.2) is 12.6 Å². The van der Waals surface area contributed by atoms with Crippen molar-refractivity contribution in [3.8, 4) is 11.8 Å². The van der Waals surface area contributed by atoms with Crippen molar-refractivity contribution in [2.24, 2.45) is 0 Å². The van der Waals surface area contributed by atoms with Crippen LogP contribution in [0.3, 0.4) is 0 Å². The van der Waals surface area contributed by atoms with Crippen molar-refractivity contribution in [2.75, 3.05) is 6.61 Å². The monoisotopic (exact) mass is 292 g/mol. The molecular weight excluding hydrogens is 260 g/mol. The highest BCUT2D eigenvalue weighted by atomic mass is 16.5. The van der Waals surface area contributed by atoms with Gasteiger partial charge in [0, 0.05) is 13.3 Å². The average Bonchev–Trinajstić information content (AvgIpc) is 2.46. The Morgan fingerprint density at radius 3 is 2.24 bits per heavy atom. The molecule has 0 aliphatic carbocycles. The van der Waals surface area contributed by atoms with Crippen molar-refractivity contribution in [1.29, 1.82) is 0 Å². The molecule has 0 aliphatic heterocycles. The van der Waals surface area contributed by atoms with Gasteiger partial charge in [-0.25, -0.2) is 0 Å². The Balaban J connectivity index is 3.13. The van der Waals surface area contributed by atoms with Crippen LogP contribution in [0.25, 0.3) is 0 Å². The van der Waals surface area contributed by atoms with E-state index in [4.69, 9.17) is 4.74 Å². The molecule has 21 heavy (non-hydrogen) atoms. The Morgan fingerprint density at radius 2 is 1.62 bits per heavy atom. The topological polar surface area (TPSA) is 26.3 Å². The molecule has 0 bridgehead atoms. The maximum atomic E-state index is 10.6. The van der Waals surface area contributed by atoms with E-state index < -0.39 is 0 Å². The van der Waals surface area contributed by atoms with Crippen LogP contribution in [0.15, 0.2) is 12.2 Å². The van der Waals surface area contributed by atoms with Gasteiger partial charge in [-0.05, 0) is 25.3 Å². The van der Waals surface area contributed by atoms with E-state index in [1.54, 1.807) is 0 Å². The second kappa shape index (κ2) is 16.8. The van der Waals surface area contributed by atoms with Crippen molar-refractivity contribution < 1.29 is 9.53 Å². The van der Waals surface area contributed by atoms with Gasteiger partial charge < -0.3 is 4.74 Å². The van der Waals surface area contributed by atoms with Crippen molar-refractivity contribution in [3.63, 3.8) is 0 Å². The molecule has 0 aromatic heterocycles. The number of rotatable bonds is 12. The number of unbranched alkanes of at least 4 members (excludes halogenated alkanes) is 9. The Kier molecular flexibility index (Phi) is 15.8. The van der Waals surface area contributed by atoms with Crippen molar-refractivity contribution >= 4 is 5.97 Å². The van der Waals surface area contributed by atoms with Gasteiger partial charge in [-0.1, -0.05) is 69.8 Å². The molecule has 0 amide bonds. The normalized spacial score (nSPS) is 10.4. The number of esters is 1. The molecule has 0 unspecified atom stereocenters. The highest BCUT2D eigenvalue weighted by Gasteiger charge is 1.94. The van der Waals surface area contributed by atoms with Gasteiger partial charge in [0.05, 0.1) is 6.61 Å². The van der Waals surface area contributed by atoms with E-state index in [0.29, 0.717) is 6.61 Å². The van der Waals surface area contributed by atoms with E-state index in [2.05, 4.69) is 24.8 Å². The van der Waals surface area contributed by atoms with Crippen LogP contribution in [0.1, 0.15) is 84.5 Å². The molecule has 2 nitrogen and oxygen atoms in total. The predicted octanol–water partition coefficient (Wildman–Crippen LogP) is 5.42. The molecular formula is C19H32O2. The minimum absolute atomic E-state index is 0.168. The van der Waals surface area contributed by atoms with Crippen molar-refractivity contribution in [3.05, 3.63) is 12.2 Å². The Morgan fingerprint density at radius 1 is 1.00 bits per heavy atom. The molecule has 0 aliphatic rings. The fourth-order valence-corrected chi connectivity index (χ4v) is 2.03. The summed E-state index contributed by atoms with van der Waals surface area (Å²) in [6.07, 6.45) is 17.4. The van der Waals surface area contributed by atoms with Crippen molar-refractivity contribution in [2.45, 2.75) is 84.5 Å². The van der Waals surface area contributed by atoms with E-state index in [1.807, 2.05) is 6.08 Å². The smallest absolute Gasteiger partial charge is 0.302 e. The molecule has 0 atom stereocenters. The number of ether oxygens (including phenoxy) is 1. The van der Waals surface area contributed by atoms with Crippen LogP contribution >= 0.6 is 0 Å². The Hall–Kier alpha value is -1.23. The first kappa shape index (κ1) is 19.8. The standard InChI is InChI=1S/C19H32O2/c1-3-4-5-6-7-8-9-10-11-12-13-14-15-16-17-18-21-19(2)20/h5-6H,3-4,9-18H2,1-2H3. The van der Waals surface area contributed by atoms with E-state index in [1.165, 1.54) is 58.3 Å². The lowest BCUT2D eigenvalue weighted by Gasteiger charge is -2.02. The summed E-state index contributed by atoms with van der Waals surface area (Å²) in [6, 6.07) is 0. The summed E-state index contributed by atoms with van der Waals surface area (Å²) >= 11 is 0. The molecule has 0 saturated carbocycles. The third kappa shape index (κ3) is 18.8. The van der Waals surface area contributed by atoms with Crippen LogP contribution in [0.5, 0.6) is 0 Å². The second-order valence-corrected chi connectivity index (χ2v) is 5.43. The van der Waals surface area contributed by atoms with Crippen LogP contribution in [0.2, 0.25) is 0 Å². The highest BCUT2D eigenvalue weighted by Crippen LogP contribution is 2.09. The van der Waals surface area contributed by atoms with Crippen LogP contribution < -0.4 is 0 Å². The molecule has 0 fully saturated rings. The molecule has 0 radical (unpaired) electrons. The van der Waals surface area contributed by atoms with Crippen molar-refractivity contribution in [1.82, 2.24) is 0 Å². The SMILES string of the molecule is CCCC=CC#CCCCCCCCCCCOC(C)=O. The van der Waals surface area contributed by atoms with E-state index in [9.17, 15) is 4.79 Å². The van der Waals surface area contributed by atoms with Gasteiger partial charge >= 0.3 is 5.97 Å². The zero-order valence-electron chi connectivity index (χ0n) is 14.0. The minimum atomic E-state index is -0.168. The summed E-state index contributed by atoms with van der Waals surface area (Å²) < 4.78 is 4.90. The molecule has 0 rings (SSSR count). The lowest BCUT2D eigenvalue weighted by Crippen LogP contribution is -2.00. The highest BCUT2D eigenvalue weighted by molar-refractivity contribution is 5.65. The third-order valence-corrected chi connectivity index (χ3v) is 3.26. The fourth-order valence-electron chi connectivity index (χ4n) is 2.03. The summed E-state index contributed by atoms with van der Waals surface area (Å²) in [4.78, 5) is 10.6. The first-order chi connectivity index (χ1) is 10.3. The quantitative estimate of drug-likeness (QED) is 0.273. The lowest BCUT2D eigenvalue weighted by molar-refractivity contribution is -0.141. The largest absolute Gasteiger partial charge is 0.466 e. The van der Waals surface area contributed by atoms with Gasteiger partial charge in [-0.2, -0.15) is 0 Å². The van der Waals surface area contributed by atoms with Gasteiger partial charge in [-0.15, -0.1) is 0 Å². The van der Waals surface area contributed by atoms with Gasteiger partial charge in [-0.3, -0.25) is 4.79 Å². The summed E-state index contributed by atoms with van der Waals surface area (Å²) in [5.74, 6) is 6.13. The van der Waals surface area contributed by atoms with Gasteiger partial charge in [0.2, 0.25) is 0 Å². The number of carbonyl (C=O) groups is 1. The summed E-state index contributed by atoms with van der Waals surface area (Å²) in [5.41, 5.74) is 0. The minimum Gasteiger partial charge on any atom is -0.466 e. The zero-order chi connectivity index (χ0) is 15.6. The molecule has 0 N–H and O–H groups in total. The maximum absolute atomic E-state index is 10.6. The second-order valence-electron chi connectivity index (χ2n) is 5.43. The Labute approximate surface area is 131 Å². The van der Waals surface area contributed by atoms with E-state index in [0.717, 1.165) is 19.3 Å². The molecule has 0 saturated heterocycles. The van der Waals surface area contributed by atoms with E-state index >= 15 is 0 Å². The molecule has 120 valence electrons. The first-order valence-corrected chi connectivity index (χ1v) is 8.54. The maximum Gasteiger partial charge on any atom is 0.302 e. The molecule has 0 aromatic carbocycles. The zero-order valence-corrected chi connectivity index (χ0v) is 14.0. The van der Waals surface area contributed by atoms with Crippen LogP contribution in [-0.2, 0) is 9.53 Å². The lowest BCUT2D eigenvalue weighted by atomic mass is 10.1. The van der Waals surface area contributed by atoms with Gasteiger partial charge in [0.25, 0.3) is 0 Å². The number of carbonyl (C=O) groups excluding carboxylic acids is 1. The molecule has 0 spiro atoms. The summed E-state index contributed by atoms with van der Waals surface area (Å²) in [7, 11) is 0. The summed E-state index contributed by atoms with van der Waals surface area (Å²) in [5, 5.41) is 0. The molecule has 0 aromatic rings. The third-order valence-electron chi connectivity index (χ3n) is 3.26. The first-order valence-electron chi connectivity index (χ1n) is 8.54. The summed E-state index contributed by atoms with van der Waals surface area (Å²) in [6.45, 7) is 4.23. The van der Waals surface area contributed by atoms with Gasteiger partial charge in [0.15, 0.2) is 0 Å². The predicted molar refractivity (Wildman–Crippen MR) is 90.0 cm³/mol. The fraction of sp³-hybridized carbons (Fsp3) is 0.737. The molecule has 0 heterocycles. The molecule has 2 heteroatoms. The number of hydrogen-bond acceptors (Lipinski definition) is 2. The number of hydrogen-bond donors (Lipinski definition) is 0.